The number of ether oxygens (including phenoxy) is 1. The van der Waals surface area contributed by atoms with E-state index in [1.54, 1.807) is 18.2 Å². The molecule has 3 rings (SSSR count). The average Bonchev–Trinajstić information content (AvgIpc) is 2.61. The van der Waals surface area contributed by atoms with E-state index in [4.69, 9.17) is 21.0 Å². The Morgan fingerprint density at radius 2 is 2.00 bits per heavy atom. The van der Waals surface area contributed by atoms with Gasteiger partial charge in [0.25, 0.3) is 5.91 Å². The molecular weight excluding hydrogens is 344 g/mol. The van der Waals surface area contributed by atoms with Gasteiger partial charge in [-0.1, -0.05) is 30.3 Å². The second-order valence-electron chi connectivity index (χ2n) is 7.11. The quantitative estimate of drug-likeness (QED) is 0.424. The maximum atomic E-state index is 12.1. The third kappa shape index (κ3) is 4.84. The van der Waals surface area contributed by atoms with Gasteiger partial charge < -0.3 is 16.2 Å². The van der Waals surface area contributed by atoms with E-state index >= 15 is 0 Å². The van der Waals surface area contributed by atoms with Gasteiger partial charge in [0.05, 0.1) is 12.6 Å². The van der Waals surface area contributed by atoms with Crippen LogP contribution in [0.2, 0.25) is 0 Å². The van der Waals surface area contributed by atoms with Gasteiger partial charge in [-0.25, -0.2) is 0 Å². The maximum absolute atomic E-state index is 12.1. The average molecular weight is 368 g/mol. The molecule has 0 fully saturated rings. The van der Waals surface area contributed by atoms with Crippen molar-refractivity contribution in [3.8, 4) is 5.75 Å². The van der Waals surface area contributed by atoms with Crippen LogP contribution in [0.1, 0.15) is 47.8 Å². The fourth-order valence-corrected chi connectivity index (χ4v) is 3.07. The predicted molar refractivity (Wildman–Crippen MR) is 103 cm³/mol. The Kier molecular flexibility index (Phi) is 5.43. The number of guanidine groups is 1. The number of hydrogen-bond donors (Lipinski definition) is 3. The van der Waals surface area contributed by atoms with Crippen molar-refractivity contribution in [2.45, 2.75) is 38.5 Å². The maximum Gasteiger partial charge on any atom is 0.280 e. The number of hydrogen-bond acceptors (Lipinski definition) is 4. The lowest BCUT2D eigenvalue weighted by molar-refractivity contribution is -0.0300. The first-order valence-corrected chi connectivity index (χ1v) is 8.72. The molecule has 7 nitrogen and oxygen atoms in total. The summed E-state index contributed by atoms with van der Waals surface area (Å²) in [5, 5.41) is 0. The number of aliphatic imine (C=N–C) groups is 1. The van der Waals surface area contributed by atoms with Gasteiger partial charge in [-0.2, -0.15) is 10.5 Å². The lowest BCUT2D eigenvalue weighted by Gasteiger charge is -2.37. The van der Waals surface area contributed by atoms with Crippen LogP contribution in [0.25, 0.3) is 0 Å². The lowest BCUT2D eigenvalue weighted by atomic mass is 9.89. The zero-order valence-corrected chi connectivity index (χ0v) is 15.4. The van der Waals surface area contributed by atoms with Crippen molar-refractivity contribution in [1.29, 1.82) is 0 Å². The first kappa shape index (κ1) is 18.9. The molecule has 0 aliphatic carbocycles. The fourth-order valence-electron chi connectivity index (χ4n) is 3.07. The molecule has 7 heteroatoms. The molecule has 0 spiro atoms. The largest absolute Gasteiger partial charge is 0.487 e. The summed E-state index contributed by atoms with van der Waals surface area (Å²) in [6.07, 6.45) is 0.675. The number of nitrogens with one attached hydrogen (secondary N) is 1. The molecular formula is C20H24N4O3. The second kappa shape index (κ2) is 7.77. The van der Waals surface area contributed by atoms with Gasteiger partial charge in [0, 0.05) is 17.5 Å². The Balaban J connectivity index is 1.80. The molecule has 1 atom stereocenters. The molecule has 2 aromatic carbocycles. The minimum absolute atomic E-state index is 0.139. The molecule has 1 amide bonds. The van der Waals surface area contributed by atoms with Crippen molar-refractivity contribution in [1.82, 2.24) is 5.48 Å². The first-order chi connectivity index (χ1) is 12.8. The van der Waals surface area contributed by atoms with Crippen molar-refractivity contribution in [2.75, 3.05) is 0 Å². The van der Waals surface area contributed by atoms with Crippen molar-refractivity contribution in [2.24, 2.45) is 16.5 Å². The summed E-state index contributed by atoms with van der Waals surface area (Å²) in [7, 11) is 0. The normalized spacial score (nSPS) is 17.5. The highest BCUT2D eigenvalue weighted by Gasteiger charge is 2.34. The van der Waals surface area contributed by atoms with Crippen LogP contribution >= 0.6 is 0 Å². The van der Waals surface area contributed by atoms with Crippen LogP contribution < -0.4 is 21.7 Å². The van der Waals surface area contributed by atoms with Gasteiger partial charge >= 0.3 is 0 Å². The van der Waals surface area contributed by atoms with E-state index in [9.17, 15) is 4.79 Å². The summed E-state index contributed by atoms with van der Waals surface area (Å²) in [6.45, 7) is 4.46. The molecule has 142 valence electrons. The van der Waals surface area contributed by atoms with Gasteiger partial charge in [0.15, 0.2) is 5.96 Å². The molecule has 27 heavy (non-hydrogen) atoms. The molecule has 0 aromatic heterocycles. The topological polar surface area (TPSA) is 112 Å². The van der Waals surface area contributed by atoms with E-state index in [2.05, 4.69) is 10.5 Å². The molecule has 0 saturated heterocycles. The molecule has 0 radical (unpaired) electrons. The zero-order chi connectivity index (χ0) is 19.4. The van der Waals surface area contributed by atoms with Crippen molar-refractivity contribution in [3.63, 3.8) is 0 Å². The minimum atomic E-state index is -0.494. The number of nitrogens with zero attached hydrogens (tertiary/aromatic N) is 1. The SMILES string of the molecule is CC1(C)CC(NOCc2ccccc2)c2cc(C(=O)N=C(N)N)ccc2O1. The molecule has 0 saturated carbocycles. The summed E-state index contributed by atoms with van der Waals surface area (Å²) in [5.41, 5.74) is 15.6. The third-order valence-electron chi connectivity index (χ3n) is 4.25. The molecule has 0 bridgehead atoms. The van der Waals surface area contributed by atoms with Crippen LogP contribution in [-0.2, 0) is 11.4 Å². The van der Waals surface area contributed by atoms with Crippen LogP contribution in [0.15, 0.2) is 53.5 Å². The number of carbonyl (C=O) groups excluding carboxylic acids is 1. The Morgan fingerprint density at radius 3 is 2.70 bits per heavy atom. The summed E-state index contributed by atoms with van der Waals surface area (Å²) in [6, 6.07) is 14.9. The standard InChI is InChI=1S/C20H24N4O3/c1-20(2)11-16(24-26-12-13-6-4-3-5-7-13)15-10-14(8-9-17(15)27-20)18(25)23-19(21)22/h3-10,16,24H,11-12H2,1-2H3,(H4,21,22,23,25). The summed E-state index contributed by atoms with van der Waals surface area (Å²) < 4.78 is 6.04. The number of amides is 1. The summed E-state index contributed by atoms with van der Waals surface area (Å²) >= 11 is 0. The smallest absolute Gasteiger partial charge is 0.280 e. The molecule has 2 aromatic rings. The lowest BCUT2D eigenvalue weighted by Crippen LogP contribution is -2.39. The molecule has 1 heterocycles. The van der Waals surface area contributed by atoms with E-state index < -0.39 is 5.91 Å². The Hall–Kier alpha value is -2.90. The third-order valence-corrected chi connectivity index (χ3v) is 4.25. The number of rotatable bonds is 5. The van der Waals surface area contributed by atoms with Crippen molar-refractivity contribution < 1.29 is 14.4 Å². The zero-order valence-electron chi connectivity index (χ0n) is 15.4. The molecule has 1 aliphatic rings. The summed E-state index contributed by atoms with van der Waals surface area (Å²) in [5.74, 6) is -0.0594. The van der Waals surface area contributed by atoms with Gasteiger partial charge in [0.2, 0.25) is 0 Å². The Morgan fingerprint density at radius 1 is 1.26 bits per heavy atom. The van der Waals surface area contributed by atoms with Gasteiger partial charge in [0.1, 0.15) is 11.4 Å². The van der Waals surface area contributed by atoms with E-state index in [1.165, 1.54) is 0 Å². The van der Waals surface area contributed by atoms with E-state index in [-0.39, 0.29) is 17.6 Å². The van der Waals surface area contributed by atoms with Crippen LogP contribution in [0.4, 0.5) is 0 Å². The van der Waals surface area contributed by atoms with Crippen molar-refractivity contribution >= 4 is 11.9 Å². The number of benzene rings is 2. The minimum Gasteiger partial charge on any atom is -0.487 e. The molecule has 1 unspecified atom stereocenters. The van der Waals surface area contributed by atoms with Crippen LogP contribution in [0, 0.1) is 0 Å². The monoisotopic (exact) mass is 368 g/mol. The second-order valence-corrected chi connectivity index (χ2v) is 7.11. The number of nitrogens with two attached hydrogens (primary N) is 2. The number of carbonyl (C=O) groups is 1. The number of hydroxylamine groups is 1. The van der Waals surface area contributed by atoms with Crippen molar-refractivity contribution in [3.05, 3.63) is 65.2 Å². The van der Waals surface area contributed by atoms with Crippen LogP contribution in [0.5, 0.6) is 5.75 Å². The van der Waals surface area contributed by atoms with Gasteiger partial charge in [-0.15, -0.1) is 0 Å². The fraction of sp³-hybridized carbons (Fsp3) is 0.300. The predicted octanol–water partition coefficient (Wildman–Crippen LogP) is 2.42. The highest BCUT2D eigenvalue weighted by molar-refractivity contribution is 6.02. The van der Waals surface area contributed by atoms with Gasteiger partial charge in [-0.3, -0.25) is 9.63 Å². The van der Waals surface area contributed by atoms with Crippen LogP contribution in [-0.4, -0.2) is 17.5 Å². The molecule has 5 N–H and O–H groups in total. The van der Waals surface area contributed by atoms with Crippen LogP contribution in [0.3, 0.4) is 0 Å². The highest BCUT2D eigenvalue weighted by atomic mass is 16.6. The van der Waals surface area contributed by atoms with Gasteiger partial charge in [-0.05, 0) is 37.6 Å². The Bertz CT molecular complexity index is 846. The summed E-state index contributed by atoms with van der Waals surface area (Å²) in [4.78, 5) is 21.4. The van der Waals surface area contributed by atoms with E-state index in [0.717, 1.165) is 11.1 Å². The first-order valence-electron chi connectivity index (χ1n) is 8.72. The molecule has 1 aliphatic heterocycles. The van der Waals surface area contributed by atoms with E-state index in [1.807, 2.05) is 44.2 Å². The number of fused-ring (bicyclic) bond motifs is 1. The Labute approximate surface area is 158 Å². The van der Waals surface area contributed by atoms with E-state index in [0.29, 0.717) is 24.3 Å². The highest BCUT2D eigenvalue weighted by Crippen LogP contribution is 2.40.